The Morgan fingerprint density at radius 3 is 2.44 bits per heavy atom. The van der Waals surface area contributed by atoms with Crippen LogP contribution < -0.4 is 5.32 Å². The molecule has 3 rings (SSSR count). The van der Waals surface area contributed by atoms with Gasteiger partial charge in [-0.05, 0) is 41.0 Å². The van der Waals surface area contributed by atoms with Crippen molar-refractivity contribution in [3.05, 3.63) is 109 Å². The molecule has 0 spiro atoms. The second-order valence-electron chi connectivity index (χ2n) is 6.12. The zero-order chi connectivity index (χ0) is 19.5. The maximum Gasteiger partial charge on any atom is 0.0349 e. The highest BCUT2D eigenvalue weighted by Gasteiger charge is 1.95. The summed E-state index contributed by atoms with van der Waals surface area (Å²) in [6.45, 7) is 11.0. The predicted octanol–water partition coefficient (Wildman–Crippen LogP) is 7.41. The monoisotopic (exact) mass is 355 g/mol. The molecule has 0 saturated carbocycles. The lowest BCUT2D eigenvalue weighted by atomic mass is 10.0. The highest BCUT2D eigenvalue weighted by Crippen LogP contribution is 2.18. The molecule has 0 aliphatic rings. The molecule has 0 fully saturated rings. The largest absolute Gasteiger partial charge is 0.382 e. The van der Waals surface area contributed by atoms with Crippen molar-refractivity contribution in [2.24, 2.45) is 0 Å². The molecule has 3 aromatic rings. The van der Waals surface area contributed by atoms with E-state index in [4.69, 9.17) is 0 Å². The van der Waals surface area contributed by atoms with Gasteiger partial charge in [-0.3, -0.25) is 0 Å². The lowest BCUT2D eigenvalue weighted by molar-refractivity contribution is 1.34. The summed E-state index contributed by atoms with van der Waals surface area (Å²) in [6, 6.07) is 23.2. The van der Waals surface area contributed by atoms with Gasteiger partial charge in [0, 0.05) is 12.2 Å². The van der Waals surface area contributed by atoms with Gasteiger partial charge in [0.25, 0.3) is 0 Å². The average Bonchev–Trinajstić information content (AvgIpc) is 2.71. The molecule has 3 aromatic carbocycles. The number of rotatable bonds is 6. The van der Waals surface area contributed by atoms with Crippen LogP contribution in [0, 0.1) is 6.92 Å². The molecule has 138 valence electrons. The first kappa shape index (κ1) is 20.3. The minimum absolute atomic E-state index is 0.791. The van der Waals surface area contributed by atoms with E-state index < -0.39 is 0 Å². The second-order valence-corrected chi connectivity index (χ2v) is 6.12. The van der Waals surface area contributed by atoms with Crippen LogP contribution in [0.1, 0.15) is 25.0 Å². The summed E-state index contributed by atoms with van der Waals surface area (Å²) in [4.78, 5) is 0. The molecule has 0 unspecified atom stereocenters. The molecule has 0 amide bonds. The summed E-state index contributed by atoms with van der Waals surface area (Å²) >= 11 is 0. The fourth-order valence-corrected chi connectivity index (χ4v) is 2.74. The van der Waals surface area contributed by atoms with E-state index in [9.17, 15) is 0 Å². The average molecular weight is 356 g/mol. The van der Waals surface area contributed by atoms with E-state index in [1.165, 1.54) is 21.9 Å². The Kier molecular flexibility index (Phi) is 8.12. The Labute approximate surface area is 163 Å². The highest BCUT2D eigenvalue weighted by molar-refractivity contribution is 5.85. The summed E-state index contributed by atoms with van der Waals surface area (Å²) in [7, 11) is 0. The number of hydrogen-bond acceptors (Lipinski definition) is 1. The van der Waals surface area contributed by atoms with Crippen LogP contribution in [0.2, 0.25) is 0 Å². The van der Waals surface area contributed by atoms with E-state index in [-0.39, 0.29) is 0 Å². The molecule has 1 heteroatoms. The van der Waals surface area contributed by atoms with E-state index in [0.717, 1.165) is 17.8 Å². The van der Waals surface area contributed by atoms with E-state index in [0.29, 0.717) is 0 Å². The summed E-state index contributed by atoms with van der Waals surface area (Å²) in [6.07, 6.45) is 8.23. The molecule has 1 N–H and O–H groups in total. The summed E-state index contributed by atoms with van der Waals surface area (Å²) in [5.74, 6) is 0. The second kappa shape index (κ2) is 10.8. The first-order valence-corrected chi connectivity index (χ1v) is 9.54. The van der Waals surface area contributed by atoms with Gasteiger partial charge in [0.2, 0.25) is 0 Å². The van der Waals surface area contributed by atoms with Gasteiger partial charge in [-0.15, -0.1) is 0 Å². The zero-order valence-corrected chi connectivity index (χ0v) is 16.6. The summed E-state index contributed by atoms with van der Waals surface area (Å²) in [5.41, 5.74) is 4.58. The van der Waals surface area contributed by atoms with Crippen LogP contribution in [-0.2, 0) is 0 Å². The summed E-state index contributed by atoms with van der Waals surface area (Å²) < 4.78 is 0. The van der Waals surface area contributed by atoms with Gasteiger partial charge in [-0.25, -0.2) is 0 Å². The predicted molar refractivity (Wildman–Crippen MR) is 122 cm³/mol. The molecule has 27 heavy (non-hydrogen) atoms. The standard InChI is InChI=1S/C24H23N.C2H6/c1-19-9-8-13-22(17-19)20(2)10-4-3-7-16-25-24-15-14-21-11-5-6-12-23(21)18-24;1-2/h3-15,17-18,25H,2,16H2,1H3;1-2H3/b7-3-,10-4-;. The van der Waals surface area contributed by atoms with E-state index >= 15 is 0 Å². The Morgan fingerprint density at radius 1 is 0.889 bits per heavy atom. The zero-order valence-electron chi connectivity index (χ0n) is 16.6. The molecule has 0 aromatic heterocycles. The number of nitrogens with one attached hydrogen (secondary N) is 1. The molecule has 0 saturated heterocycles. The van der Waals surface area contributed by atoms with Crippen molar-refractivity contribution in [2.75, 3.05) is 11.9 Å². The first-order chi connectivity index (χ1) is 13.2. The molecule has 0 bridgehead atoms. The van der Waals surface area contributed by atoms with E-state index in [1.54, 1.807) is 0 Å². The molecule has 1 nitrogen and oxygen atoms in total. The maximum atomic E-state index is 4.12. The van der Waals surface area contributed by atoms with Gasteiger partial charge in [-0.1, -0.05) is 105 Å². The third-order valence-corrected chi connectivity index (χ3v) is 4.11. The Bertz CT molecular complexity index is 932. The number of hydrogen-bond donors (Lipinski definition) is 1. The van der Waals surface area contributed by atoms with Crippen LogP contribution in [0.5, 0.6) is 0 Å². The third kappa shape index (κ3) is 6.31. The van der Waals surface area contributed by atoms with Crippen molar-refractivity contribution in [1.82, 2.24) is 0 Å². The van der Waals surface area contributed by atoms with Crippen molar-refractivity contribution in [3.8, 4) is 0 Å². The minimum Gasteiger partial charge on any atom is -0.382 e. The van der Waals surface area contributed by atoms with Crippen molar-refractivity contribution >= 4 is 22.0 Å². The Hall–Kier alpha value is -3.06. The fraction of sp³-hybridized carbons (Fsp3) is 0.154. The SMILES string of the molecule is C=C(/C=C\C=C/CNc1ccc2ccccc2c1)c1cccc(C)c1.CC. The van der Waals surface area contributed by atoms with Gasteiger partial charge < -0.3 is 5.32 Å². The van der Waals surface area contributed by atoms with E-state index in [2.05, 4.69) is 97.7 Å². The maximum absolute atomic E-state index is 4.12. The van der Waals surface area contributed by atoms with Crippen LogP contribution in [0.3, 0.4) is 0 Å². The Balaban J connectivity index is 0.00000126. The number of aryl methyl sites for hydroxylation is 1. The molecular weight excluding hydrogens is 326 g/mol. The van der Waals surface area contributed by atoms with Crippen LogP contribution in [-0.4, -0.2) is 6.54 Å². The van der Waals surface area contributed by atoms with Gasteiger partial charge in [-0.2, -0.15) is 0 Å². The number of benzene rings is 3. The van der Waals surface area contributed by atoms with Crippen LogP contribution in [0.25, 0.3) is 16.3 Å². The molecule has 0 heterocycles. The third-order valence-electron chi connectivity index (χ3n) is 4.11. The smallest absolute Gasteiger partial charge is 0.0349 e. The van der Waals surface area contributed by atoms with E-state index in [1.807, 2.05) is 26.0 Å². The number of fused-ring (bicyclic) bond motifs is 1. The number of allylic oxidation sites excluding steroid dienone is 4. The van der Waals surface area contributed by atoms with Crippen molar-refractivity contribution in [3.63, 3.8) is 0 Å². The molecular formula is C26H29N. The highest BCUT2D eigenvalue weighted by atomic mass is 14.8. The normalized spacial score (nSPS) is 10.8. The van der Waals surface area contributed by atoms with Crippen molar-refractivity contribution in [2.45, 2.75) is 20.8 Å². The van der Waals surface area contributed by atoms with Crippen molar-refractivity contribution in [1.29, 1.82) is 0 Å². The van der Waals surface area contributed by atoms with Gasteiger partial charge >= 0.3 is 0 Å². The van der Waals surface area contributed by atoms with Gasteiger partial charge in [0.1, 0.15) is 0 Å². The number of anilines is 1. The lowest BCUT2D eigenvalue weighted by Gasteiger charge is -2.05. The van der Waals surface area contributed by atoms with Crippen molar-refractivity contribution < 1.29 is 0 Å². The minimum atomic E-state index is 0.791. The Morgan fingerprint density at radius 2 is 1.67 bits per heavy atom. The molecule has 0 aliphatic heterocycles. The van der Waals surface area contributed by atoms with Gasteiger partial charge in [0.15, 0.2) is 0 Å². The first-order valence-electron chi connectivity index (χ1n) is 9.54. The molecule has 0 atom stereocenters. The van der Waals surface area contributed by atoms with Crippen LogP contribution in [0.4, 0.5) is 5.69 Å². The fourth-order valence-electron chi connectivity index (χ4n) is 2.74. The van der Waals surface area contributed by atoms with Crippen LogP contribution in [0.15, 0.2) is 97.6 Å². The quantitative estimate of drug-likeness (QED) is 0.454. The lowest BCUT2D eigenvalue weighted by Crippen LogP contribution is -1.97. The van der Waals surface area contributed by atoms with Gasteiger partial charge in [0.05, 0.1) is 0 Å². The topological polar surface area (TPSA) is 12.0 Å². The molecule has 0 radical (unpaired) electrons. The summed E-state index contributed by atoms with van der Waals surface area (Å²) in [5, 5.41) is 5.94. The molecule has 0 aliphatic carbocycles. The van der Waals surface area contributed by atoms with Crippen LogP contribution >= 0.6 is 0 Å².